The molecule has 2 amide bonds. The smallest absolute Gasteiger partial charge is 0.251 e. The Balaban J connectivity index is 1.99. The second-order valence-corrected chi connectivity index (χ2v) is 8.81. The summed E-state index contributed by atoms with van der Waals surface area (Å²) >= 11 is 0. The van der Waals surface area contributed by atoms with Crippen LogP contribution in [0.15, 0.2) is 47.3 Å². The highest BCUT2D eigenvalue weighted by molar-refractivity contribution is 5.82. The number of pyridine rings is 1. The first-order chi connectivity index (χ1) is 14.1. The van der Waals surface area contributed by atoms with E-state index in [1.807, 2.05) is 24.3 Å². The summed E-state index contributed by atoms with van der Waals surface area (Å²) in [6.07, 6.45) is 3.67. The number of aryl methyl sites for hydroxylation is 1. The fourth-order valence-corrected chi connectivity index (χ4v) is 3.57. The molecule has 0 aliphatic carbocycles. The number of hydrogen-bond donors (Lipinski definition) is 3. The molecule has 0 radical (unpaired) electrons. The lowest BCUT2D eigenvalue weighted by Crippen LogP contribution is -2.24. The van der Waals surface area contributed by atoms with Gasteiger partial charge >= 0.3 is 0 Å². The molecule has 6 heteroatoms. The molecule has 1 aromatic heterocycles. The van der Waals surface area contributed by atoms with E-state index in [0.29, 0.717) is 24.1 Å². The van der Waals surface area contributed by atoms with Gasteiger partial charge in [0.05, 0.1) is 0 Å². The summed E-state index contributed by atoms with van der Waals surface area (Å²) in [4.78, 5) is 38.2. The molecule has 158 valence electrons. The predicted molar refractivity (Wildman–Crippen MR) is 118 cm³/mol. The maximum Gasteiger partial charge on any atom is 0.251 e. The molecule has 1 aliphatic heterocycles. The summed E-state index contributed by atoms with van der Waals surface area (Å²) in [7, 11) is 0. The fraction of sp³-hybridized carbons (Fsp3) is 0.375. The minimum absolute atomic E-state index is 0.0361. The standard InChI is InChI=1S/C24H29N3O3/c1-24(2,3)17-8-4-15(5-9-17)19(14-18-10-13-22(29)26-18)20-11-6-16(23(30)27-20)7-12-21(25)28/h4-6,8-9,11,14,18H,7,10,12-13H2,1-3H3,(H2,25,28)(H,26,29)(H,27,30)/b19-14-/t18-/m1/s1. The number of benzene rings is 1. The van der Waals surface area contributed by atoms with Gasteiger partial charge in [-0.3, -0.25) is 14.4 Å². The van der Waals surface area contributed by atoms with Gasteiger partial charge in [0, 0.05) is 35.7 Å². The van der Waals surface area contributed by atoms with Crippen LogP contribution in [-0.2, 0) is 21.4 Å². The van der Waals surface area contributed by atoms with Gasteiger partial charge in [-0.25, -0.2) is 0 Å². The summed E-state index contributed by atoms with van der Waals surface area (Å²) in [6.45, 7) is 6.49. The molecule has 0 saturated carbocycles. The van der Waals surface area contributed by atoms with Crippen molar-refractivity contribution < 1.29 is 9.59 Å². The van der Waals surface area contributed by atoms with E-state index in [1.54, 1.807) is 6.07 Å². The Labute approximate surface area is 176 Å². The first kappa shape index (κ1) is 21.6. The monoisotopic (exact) mass is 407 g/mol. The van der Waals surface area contributed by atoms with Crippen molar-refractivity contribution in [2.45, 2.75) is 57.9 Å². The third-order valence-electron chi connectivity index (χ3n) is 5.38. The van der Waals surface area contributed by atoms with E-state index in [-0.39, 0.29) is 29.3 Å². The number of hydrogen-bond acceptors (Lipinski definition) is 3. The number of H-pyrrole nitrogens is 1. The van der Waals surface area contributed by atoms with Gasteiger partial charge in [-0.15, -0.1) is 0 Å². The van der Waals surface area contributed by atoms with Crippen LogP contribution in [-0.4, -0.2) is 22.8 Å². The average molecular weight is 408 g/mol. The molecule has 1 saturated heterocycles. The Morgan fingerprint density at radius 1 is 1.13 bits per heavy atom. The molecule has 1 atom stereocenters. The third-order valence-corrected chi connectivity index (χ3v) is 5.38. The van der Waals surface area contributed by atoms with E-state index in [4.69, 9.17) is 5.73 Å². The summed E-state index contributed by atoms with van der Waals surface area (Å²) < 4.78 is 0. The lowest BCUT2D eigenvalue weighted by molar-refractivity contribution is -0.119. The van der Waals surface area contributed by atoms with E-state index < -0.39 is 5.91 Å². The number of carbonyl (C=O) groups excluding carboxylic acids is 2. The van der Waals surface area contributed by atoms with Gasteiger partial charge in [-0.05, 0) is 35.4 Å². The van der Waals surface area contributed by atoms with Crippen molar-refractivity contribution >= 4 is 17.4 Å². The van der Waals surface area contributed by atoms with Crippen molar-refractivity contribution in [3.63, 3.8) is 0 Å². The molecule has 30 heavy (non-hydrogen) atoms. The minimum atomic E-state index is -0.435. The molecular weight excluding hydrogens is 378 g/mol. The van der Waals surface area contributed by atoms with Gasteiger partial charge in [-0.2, -0.15) is 0 Å². The van der Waals surface area contributed by atoms with Gasteiger partial charge in [0.1, 0.15) is 0 Å². The molecule has 6 nitrogen and oxygen atoms in total. The third kappa shape index (κ3) is 5.26. The molecular formula is C24H29N3O3. The lowest BCUT2D eigenvalue weighted by Gasteiger charge is -2.20. The van der Waals surface area contributed by atoms with Crippen molar-refractivity contribution in [3.05, 3.63) is 75.2 Å². The maximum absolute atomic E-state index is 12.6. The first-order valence-electron chi connectivity index (χ1n) is 10.3. The number of nitrogens with two attached hydrogens (primary N) is 1. The number of carbonyl (C=O) groups is 2. The molecule has 1 aliphatic rings. The number of rotatable bonds is 6. The molecule has 4 N–H and O–H groups in total. The van der Waals surface area contributed by atoms with E-state index in [2.05, 4.69) is 43.2 Å². The summed E-state index contributed by atoms with van der Waals surface area (Å²) in [5.41, 5.74) is 9.24. The highest BCUT2D eigenvalue weighted by Crippen LogP contribution is 2.28. The first-order valence-corrected chi connectivity index (χ1v) is 10.3. The van der Waals surface area contributed by atoms with Crippen LogP contribution in [0, 0.1) is 0 Å². The normalized spacial score (nSPS) is 17.1. The van der Waals surface area contributed by atoms with Crippen LogP contribution < -0.4 is 16.6 Å². The Kier molecular flexibility index (Phi) is 6.25. The van der Waals surface area contributed by atoms with Crippen LogP contribution >= 0.6 is 0 Å². The summed E-state index contributed by atoms with van der Waals surface area (Å²) in [5.74, 6) is -0.399. The van der Waals surface area contributed by atoms with Gasteiger partial charge in [0.15, 0.2) is 0 Å². The molecule has 2 heterocycles. The summed E-state index contributed by atoms with van der Waals surface area (Å²) in [5, 5.41) is 2.96. The topological polar surface area (TPSA) is 105 Å². The van der Waals surface area contributed by atoms with Crippen molar-refractivity contribution in [1.29, 1.82) is 0 Å². The Hall–Kier alpha value is -3.15. The Morgan fingerprint density at radius 3 is 2.37 bits per heavy atom. The van der Waals surface area contributed by atoms with Crippen LogP contribution in [0.3, 0.4) is 0 Å². The Morgan fingerprint density at radius 2 is 1.83 bits per heavy atom. The summed E-state index contributed by atoms with van der Waals surface area (Å²) in [6, 6.07) is 11.8. The highest BCUT2D eigenvalue weighted by Gasteiger charge is 2.21. The zero-order valence-electron chi connectivity index (χ0n) is 17.7. The van der Waals surface area contributed by atoms with Crippen LogP contribution in [0.2, 0.25) is 0 Å². The lowest BCUT2D eigenvalue weighted by atomic mass is 9.86. The number of nitrogens with one attached hydrogen (secondary N) is 2. The number of aromatic amines is 1. The largest absolute Gasteiger partial charge is 0.370 e. The van der Waals surface area contributed by atoms with Crippen LogP contribution in [0.25, 0.3) is 5.57 Å². The molecule has 1 fully saturated rings. The molecule has 2 aromatic rings. The number of primary amides is 1. The molecule has 1 aromatic carbocycles. The van der Waals surface area contributed by atoms with Gasteiger partial charge in [0.25, 0.3) is 5.56 Å². The quantitative estimate of drug-likeness (QED) is 0.686. The van der Waals surface area contributed by atoms with Crippen molar-refractivity contribution in [2.24, 2.45) is 5.73 Å². The van der Waals surface area contributed by atoms with Crippen LogP contribution in [0.1, 0.15) is 62.4 Å². The number of amides is 2. The SMILES string of the molecule is CC(C)(C)c1ccc(/C(=C/[C@H]2CCC(=O)N2)c2ccc(CCC(N)=O)c(=O)[nH]2)cc1. The average Bonchev–Trinajstić information content (AvgIpc) is 3.09. The highest BCUT2D eigenvalue weighted by atomic mass is 16.2. The maximum atomic E-state index is 12.6. The van der Waals surface area contributed by atoms with Gasteiger partial charge < -0.3 is 16.0 Å². The van der Waals surface area contributed by atoms with Gasteiger partial charge in [0.2, 0.25) is 11.8 Å². The Bertz CT molecular complexity index is 1030. The number of aromatic nitrogens is 1. The predicted octanol–water partition coefficient (Wildman–Crippen LogP) is 2.80. The van der Waals surface area contributed by atoms with Crippen molar-refractivity contribution in [2.75, 3.05) is 0 Å². The van der Waals surface area contributed by atoms with E-state index in [9.17, 15) is 14.4 Å². The minimum Gasteiger partial charge on any atom is -0.370 e. The second kappa shape index (κ2) is 8.69. The van der Waals surface area contributed by atoms with Crippen LogP contribution in [0.4, 0.5) is 0 Å². The van der Waals surface area contributed by atoms with E-state index in [0.717, 1.165) is 17.6 Å². The van der Waals surface area contributed by atoms with Gasteiger partial charge in [-0.1, -0.05) is 57.2 Å². The van der Waals surface area contributed by atoms with Crippen LogP contribution in [0.5, 0.6) is 0 Å². The molecule has 0 unspecified atom stereocenters. The fourth-order valence-electron chi connectivity index (χ4n) is 3.57. The molecule has 3 rings (SSSR count). The van der Waals surface area contributed by atoms with Crippen molar-refractivity contribution in [1.82, 2.24) is 10.3 Å². The molecule has 0 spiro atoms. The zero-order valence-corrected chi connectivity index (χ0v) is 17.7. The van der Waals surface area contributed by atoms with Crippen molar-refractivity contribution in [3.8, 4) is 0 Å². The van der Waals surface area contributed by atoms with E-state index in [1.165, 1.54) is 5.56 Å². The second-order valence-electron chi connectivity index (χ2n) is 8.81. The van der Waals surface area contributed by atoms with E-state index >= 15 is 0 Å². The zero-order chi connectivity index (χ0) is 21.9. The molecule has 0 bridgehead atoms.